The van der Waals surface area contributed by atoms with E-state index >= 15 is 0 Å². The van der Waals surface area contributed by atoms with Gasteiger partial charge in [-0.3, -0.25) is 13.9 Å². The normalized spacial score (nSPS) is 18.1. The number of alkyl halides is 6. The van der Waals surface area contributed by atoms with E-state index in [4.69, 9.17) is 0 Å². The zero-order chi connectivity index (χ0) is 31.8. The summed E-state index contributed by atoms with van der Waals surface area (Å²) in [7, 11) is -4.60. The molecule has 2 aromatic carbocycles. The van der Waals surface area contributed by atoms with Crippen molar-refractivity contribution in [1.29, 1.82) is 0 Å². The molecule has 2 amide bonds. The lowest BCUT2D eigenvalue weighted by Gasteiger charge is -2.39. The topological polar surface area (TPSA) is 107 Å². The third-order valence-electron chi connectivity index (χ3n) is 7.52. The number of likely N-dealkylation sites (tertiary alicyclic amines) is 1. The number of aliphatic hydroxyl groups is 1. The number of rotatable bonds is 9. The van der Waals surface area contributed by atoms with Crippen LogP contribution in [0.2, 0.25) is 0 Å². The van der Waals surface area contributed by atoms with Gasteiger partial charge >= 0.3 is 12.4 Å². The molecule has 8 nitrogen and oxygen atoms in total. The maximum Gasteiger partial charge on any atom is 0.430 e. The molecular weight excluding hydrogens is 611 g/mol. The molecule has 0 aromatic heterocycles. The van der Waals surface area contributed by atoms with E-state index in [0.29, 0.717) is 38.1 Å². The first-order valence-electron chi connectivity index (χ1n) is 13.3. The van der Waals surface area contributed by atoms with Crippen molar-refractivity contribution in [3.05, 3.63) is 59.4 Å². The predicted octanol–water partition coefficient (Wildman–Crippen LogP) is 4.17. The number of nitrogens with one attached hydrogen (secondary N) is 1. The lowest BCUT2D eigenvalue weighted by atomic mass is 9.87. The molecule has 2 aliphatic rings. The highest BCUT2D eigenvalue weighted by Gasteiger charge is 2.71. The zero-order valence-corrected chi connectivity index (χ0v) is 23.3. The molecule has 0 spiro atoms. The number of benzene rings is 2. The maximum atomic E-state index is 13.7. The molecule has 43 heavy (non-hydrogen) atoms. The maximum absolute atomic E-state index is 13.7. The third-order valence-corrected chi connectivity index (χ3v) is 9.40. The first-order valence-corrected chi connectivity index (χ1v) is 14.7. The number of carbonyl (C=O) groups is 2. The van der Waals surface area contributed by atoms with Gasteiger partial charge in [0.2, 0.25) is 11.8 Å². The fourth-order valence-corrected chi connectivity index (χ4v) is 7.02. The Balaban J connectivity index is 1.64. The number of hydrogen-bond acceptors (Lipinski definition) is 5. The molecule has 0 radical (unpaired) electrons. The fraction of sp³-hybridized carbons (Fsp3) is 0.481. The molecule has 1 atom stereocenters. The number of carbonyl (C=O) groups excluding carboxylic acids is 2. The SMILES string of the molecule is O=C(CC1CCc2cc(C(O)(C(F)(F)F)C(F)(F)F)ccc2N1S(=O)(=O)c1ccc(F)cc1)NCCCN1CCCC1=O. The van der Waals surface area contributed by atoms with Crippen molar-refractivity contribution >= 4 is 27.5 Å². The van der Waals surface area contributed by atoms with E-state index < -0.39 is 62.6 Å². The van der Waals surface area contributed by atoms with E-state index in [1.54, 1.807) is 4.90 Å². The summed E-state index contributed by atoms with van der Waals surface area (Å²) in [4.78, 5) is 25.8. The smallest absolute Gasteiger partial charge is 0.369 e. The molecule has 0 saturated carbocycles. The lowest BCUT2D eigenvalue weighted by molar-refractivity contribution is -0.376. The number of anilines is 1. The minimum atomic E-state index is -6.14. The molecule has 236 valence electrons. The van der Waals surface area contributed by atoms with Crippen LogP contribution in [0.25, 0.3) is 0 Å². The van der Waals surface area contributed by atoms with Crippen LogP contribution < -0.4 is 9.62 Å². The summed E-state index contributed by atoms with van der Waals surface area (Å²) >= 11 is 0. The minimum absolute atomic E-state index is 0.0147. The van der Waals surface area contributed by atoms with Crippen LogP contribution in [0.3, 0.4) is 0 Å². The number of halogens is 7. The van der Waals surface area contributed by atoms with E-state index in [1.807, 2.05) is 0 Å². The first kappa shape index (κ1) is 32.5. The van der Waals surface area contributed by atoms with Crippen molar-refractivity contribution < 1.29 is 53.8 Å². The van der Waals surface area contributed by atoms with E-state index in [2.05, 4.69) is 5.32 Å². The van der Waals surface area contributed by atoms with Gasteiger partial charge in [0.15, 0.2) is 0 Å². The Bertz CT molecular complexity index is 1450. The van der Waals surface area contributed by atoms with E-state index in [0.717, 1.165) is 41.1 Å². The number of nitrogens with zero attached hydrogens (tertiary/aromatic N) is 2. The van der Waals surface area contributed by atoms with Crippen molar-refractivity contribution in [2.45, 2.75) is 67.4 Å². The molecule has 0 bridgehead atoms. The number of amides is 2. The van der Waals surface area contributed by atoms with Gasteiger partial charge in [0, 0.05) is 38.0 Å². The highest BCUT2D eigenvalue weighted by Crippen LogP contribution is 2.51. The Kier molecular flexibility index (Phi) is 9.03. The summed E-state index contributed by atoms with van der Waals surface area (Å²) in [5.74, 6) is -1.31. The van der Waals surface area contributed by atoms with Crippen LogP contribution in [0, 0.1) is 5.82 Å². The average Bonchev–Trinajstić information content (AvgIpc) is 3.33. The van der Waals surface area contributed by atoms with E-state index in [9.17, 15) is 53.8 Å². The number of hydrogen-bond donors (Lipinski definition) is 2. The van der Waals surface area contributed by atoms with Crippen LogP contribution >= 0.6 is 0 Å². The van der Waals surface area contributed by atoms with Crippen molar-refractivity contribution in [1.82, 2.24) is 10.2 Å². The Morgan fingerprint density at radius 2 is 1.65 bits per heavy atom. The molecule has 2 N–H and O–H groups in total. The van der Waals surface area contributed by atoms with Gasteiger partial charge in [0.25, 0.3) is 15.6 Å². The van der Waals surface area contributed by atoms with Gasteiger partial charge < -0.3 is 15.3 Å². The molecule has 1 unspecified atom stereocenters. The standard InChI is InChI=1S/C27H28F7N3O5S/c28-19-6-9-21(10-7-19)43(41,42)37-20(16-23(38)35-12-2-14-36-13-1-3-24(36)39)8-4-17-15-18(5-11-22(17)37)25(40,26(29,30)31)27(32,33)34/h5-7,9-11,15,20,40H,1-4,8,12-14,16H2,(H,35,38). The van der Waals surface area contributed by atoms with E-state index in [-0.39, 0.29) is 36.5 Å². The molecule has 0 aliphatic carbocycles. The largest absolute Gasteiger partial charge is 0.430 e. The molecule has 2 aliphatic heterocycles. The van der Waals surface area contributed by atoms with Gasteiger partial charge in [-0.05, 0) is 61.6 Å². The van der Waals surface area contributed by atoms with Crippen LogP contribution in [0.15, 0.2) is 47.4 Å². The van der Waals surface area contributed by atoms with Crippen LogP contribution in [-0.2, 0) is 31.6 Å². The van der Waals surface area contributed by atoms with Gasteiger partial charge in [0.1, 0.15) is 5.82 Å². The average molecular weight is 640 g/mol. The Morgan fingerprint density at radius 1 is 1.00 bits per heavy atom. The van der Waals surface area contributed by atoms with Crippen LogP contribution in [0.4, 0.5) is 36.4 Å². The van der Waals surface area contributed by atoms with Crippen LogP contribution in [0.5, 0.6) is 0 Å². The second kappa shape index (κ2) is 11.9. The number of sulfonamides is 1. The van der Waals surface area contributed by atoms with Crippen molar-refractivity contribution in [2.24, 2.45) is 0 Å². The van der Waals surface area contributed by atoms with Crippen LogP contribution in [-0.4, -0.2) is 68.3 Å². The van der Waals surface area contributed by atoms with Crippen molar-refractivity contribution in [3.8, 4) is 0 Å². The van der Waals surface area contributed by atoms with Crippen molar-refractivity contribution in [3.63, 3.8) is 0 Å². The first-order chi connectivity index (χ1) is 20.0. The van der Waals surface area contributed by atoms with Gasteiger partial charge in [-0.1, -0.05) is 12.1 Å². The van der Waals surface area contributed by atoms with Crippen LogP contribution in [0.1, 0.15) is 43.2 Å². The molecule has 1 fully saturated rings. The monoisotopic (exact) mass is 639 g/mol. The minimum Gasteiger partial charge on any atom is -0.369 e. The summed E-state index contributed by atoms with van der Waals surface area (Å²) in [6.07, 6.45) is -11.4. The second-order valence-electron chi connectivity index (χ2n) is 10.4. The Morgan fingerprint density at radius 3 is 2.23 bits per heavy atom. The summed E-state index contributed by atoms with van der Waals surface area (Å²) in [6.45, 7) is 1.22. The fourth-order valence-electron chi connectivity index (χ4n) is 5.31. The predicted molar refractivity (Wildman–Crippen MR) is 139 cm³/mol. The Labute approximate surface area is 242 Å². The zero-order valence-electron chi connectivity index (χ0n) is 22.5. The Hall–Kier alpha value is -3.40. The summed E-state index contributed by atoms with van der Waals surface area (Å²) in [6, 6.07) is 4.03. The van der Waals surface area contributed by atoms with Gasteiger partial charge in [-0.25, -0.2) is 12.8 Å². The van der Waals surface area contributed by atoms with E-state index in [1.165, 1.54) is 0 Å². The highest BCUT2D eigenvalue weighted by atomic mass is 32.2. The number of aryl methyl sites for hydroxylation is 1. The molecule has 16 heteroatoms. The van der Waals surface area contributed by atoms with Gasteiger partial charge in [-0.15, -0.1) is 0 Å². The van der Waals surface area contributed by atoms with Crippen molar-refractivity contribution in [2.75, 3.05) is 23.9 Å². The molecule has 1 saturated heterocycles. The quantitative estimate of drug-likeness (QED) is 0.317. The van der Waals surface area contributed by atoms with Gasteiger partial charge in [0.05, 0.1) is 16.6 Å². The number of fused-ring (bicyclic) bond motifs is 1. The molecule has 2 heterocycles. The second-order valence-corrected chi connectivity index (χ2v) is 12.2. The molecule has 2 aromatic rings. The molecule has 4 rings (SSSR count). The molecular formula is C27H28F7N3O5S. The van der Waals surface area contributed by atoms with Gasteiger partial charge in [-0.2, -0.15) is 26.3 Å². The third kappa shape index (κ3) is 6.44. The summed E-state index contributed by atoms with van der Waals surface area (Å²) in [5.41, 5.74) is -7.27. The summed E-state index contributed by atoms with van der Waals surface area (Å²) < 4.78 is 123. The lowest BCUT2D eigenvalue weighted by Crippen LogP contribution is -2.54. The summed E-state index contributed by atoms with van der Waals surface area (Å²) in [5, 5.41) is 12.5. The highest BCUT2D eigenvalue weighted by molar-refractivity contribution is 7.92.